The lowest BCUT2D eigenvalue weighted by Crippen LogP contribution is -2.48. The summed E-state index contributed by atoms with van der Waals surface area (Å²) in [6.07, 6.45) is 2.60. The molecule has 86 valence electrons. The Labute approximate surface area is 97.9 Å². The van der Waals surface area contributed by atoms with Crippen LogP contribution in [0.5, 0.6) is 0 Å². The summed E-state index contributed by atoms with van der Waals surface area (Å²) < 4.78 is 5.35. The molecule has 0 bridgehead atoms. The molecular weight excluding hydrogens is 230 g/mol. The maximum atomic E-state index is 7.36. The summed E-state index contributed by atoms with van der Waals surface area (Å²) in [5, 5.41) is 7.85. The number of nitrogens with two attached hydrogens (primary N) is 1. The van der Waals surface area contributed by atoms with Gasteiger partial charge in [0.25, 0.3) is 0 Å². The fourth-order valence-electron chi connectivity index (χ4n) is 1.57. The predicted octanol–water partition coefficient (Wildman–Crippen LogP) is 0.271. The van der Waals surface area contributed by atoms with Gasteiger partial charge in [-0.3, -0.25) is 5.41 Å². The van der Waals surface area contributed by atoms with Gasteiger partial charge in [0.2, 0.25) is 0 Å². The van der Waals surface area contributed by atoms with E-state index in [9.17, 15) is 0 Å². The number of ether oxygens (including phenoxy) is 1. The topological polar surface area (TPSA) is 88.1 Å². The number of rotatable bonds is 2. The zero-order chi connectivity index (χ0) is 11.5. The molecule has 1 aromatic heterocycles. The second kappa shape index (κ2) is 4.63. The van der Waals surface area contributed by atoms with Crippen molar-refractivity contribution in [1.29, 1.82) is 5.41 Å². The van der Waals surface area contributed by atoms with Crippen LogP contribution in [0, 0.1) is 5.41 Å². The molecule has 0 amide bonds. The lowest BCUT2D eigenvalue weighted by molar-refractivity contribution is 0.0823. The average Bonchev–Trinajstić information content (AvgIpc) is 2.30. The average molecular weight is 242 g/mol. The van der Waals surface area contributed by atoms with Gasteiger partial charge in [0.15, 0.2) is 5.82 Å². The highest BCUT2D eigenvalue weighted by Gasteiger charge is 2.24. The highest BCUT2D eigenvalue weighted by Crippen LogP contribution is 2.23. The van der Waals surface area contributed by atoms with Crippen LogP contribution in [0.2, 0.25) is 5.02 Å². The summed E-state index contributed by atoms with van der Waals surface area (Å²) in [6, 6.07) is 0. The molecule has 2 rings (SSSR count). The van der Waals surface area contributed by atoms with E-state index in [0.717, 1.165) is 0 Å². The van der Waals surface area contributed by atoms with E-state index >= 15 is 0 Å². The highest BCUT2D eigenvalue weighted by atomic mass is 35.5. The molecule has 0 radical (unpaired) electrons. The van der Waals surface area contributed by atoms with Gasteiger partial charge >= 0.3 is 0 Å². The zero-order valence-corrected chi connectivity index (χ0v) is 9.31. The molecule has 1 saturated heterocycles. The molecular formula is C9H12ClN5O. The molecule has 1 aliphatic heterocycles. The molecule has 1 unspecified atom stereocenters. The molecule has 6 nitrogen and oxygen atoms in total. The van der Waals surface area contributed by atoms with Crippen molar-refractivity contribution in [3.05, 3.63) is 17.5 Å². The van der Waals surface area contributed by atoms with Crippen molar-refractivity contribution >= 4 is 23.3 Å². The number of nitrogens with one attached hydrogen (secondary N) is 1. The fourth-order valence-corrected chi connectivity index (χ4v) is 1.79. The Morgan fingerprint density at radius 1 is 1.69 bits per heavy atom. The van der Waals surface area contributed by atoms with Gasteiger partial charge in [0, 0.05) is 6.54 Å². The Bertz CT molecular complexity index is 399. The smallest absolute Gasteiger partial charge is 0.151 e. The Kier molecular flexibility index (Phi) is 3.21. The van der Waals surface area contributed by atoms with E-state index in [4.69, 9.17) is 27.5 Å². The van der Waals surface area contributed by atoms with Crippen LogP contribution in [0.15, 0.2) is 12.5 Å². The monoisotopic (exact) mass is 241 g/mol. The van der Waals surface area contributed by atoms with Crippen LogP contribution >= 0.6 is 11.6 Å². The molecule has 0 aliphatic carbocycles. The molecule has 0 aromatic carbocycles. The first kappa shape index (κ1) is 11.1. The number of hydrogen-bond acceptors (Lipinski definition) is 5. The van der Waals surface area contributed by atoms with Crippen molar-refractivity contribution in [3.8, 4) is 0 Å². The Balaban J connectivity index is 2.16. The third-order valence-electron chi connectivity index (χ3n) is 2.36. The quantitative estimate of drug-likeness (QED) is 0.573. The summed E-state index contributed by atoms with van der Waals surface area (Å²) in [7, 11) is 0. The van der Waals surface area contributed by atoms with E-state index in [2.05, 4.69) is 9.97 Å². The molecule has 1 fully saturated rings. The minimum atomic E-state index is -0.389. The minimum Gasteiger partial charge on any atom is -0.385 e. The summed E-state index contributed by atoms with van der Waals surface area (Å²) >= 11 is 5.99. The standard InChI is InChI=1S/C9H12ClN5O/c10-6-3-13-5-14-9(6)15-1-2-16-7(4-15)8(11)12/h3,5,7H,1-2,4H2,(H3,11,12). The number of hydrogen-bond donors (Lipinski definition) is 2. The zero-order valence-electron chi connectivity index (χ0n) is 8.56. The van der Waals surface area contributed by atoms with E-state index in [1.807, 2.05) is 4.90 Å². The predicted molar refractivity (Wildman–Crippen MR) is 60.9 cm³/mol. The number of amidine groups is 1. The normalized spacial score (nSPS) is 20.8. The van der Waals surface area contributed by atoms with Crippen molar-refractivity contribution in [2.45, 2.75) is 6.10 Å². The van der Waals surface area contributed by atoms with Crippen LogP contribution in [0.1, 0.15) is 0 Å². The van der Waals surface area contributed by atoms with E-state index in [-0.39, 0.29) is 11.9 Å². The summed E-state index contributed by atoms with van der Waals surface area (Å²) in [5.41, 5.74) is 5.41. The molecule has 0 saturated carbocycles. The van der Waals surface area contributed by atoms with E-state index in [1.165, 1.54) is 6.33 Å². The number of morpholine rings is 1. The first-order valence-corrected chi connectivity index (χ1v) is 5.22. The molecule has 0 spiro atoms. The summed E-state index contributed by atoms with van der Waals surface area (Å²) in [5.74, 6) is 0.682. The van der Waals surface area contributed by atoms with Crippen molar-refractivity contribution < 1.29 is 4.74 Å². The van der Waals surface area contributed by atoms with E-state index < -0.39 is 0 Å². The molecule has 16 heavy (non-hydrogen) atoms. The maximum Gasteiger partial charge on any atom is 0.151 e. The second-order valence-electron chi connectivity index (χ2n) is 3.46. The SMILES string of the molecule is N=C(N)C1CN(c2ncncc2Cl)CCO1. The van der Waals surface area contributed by atoms with Crippen LogP contribution in [-0.2, 0) is 4.74 Å². The van der Waals surface area contributed by atoms with E-state index in [1.54, 1.807) is 6.20 Å². The largest absolute Gasteiger partial charge is 0.385 e. The van der Waals surface area contributed by atoms with Crippen LogP contribution < -0.4 is 10.6 Å². The van der Waals surface area contributed by atoms with Gasteiger partial charge in [0.1, 0.15) is 23.3 Å². The first-order valence-electron chi connectivity index (χ1n) is 4.84. The van der Waals surface area contributed by atoms with Gasteiger partial charge < -0.3 is 15.4 Å². The lowest BCUT2D eigenvalue weighted by Gasteiger charge is -2.33. The summed E-state index contributed by atoms with van der Waals surface area (Å²) in [6.45, 7) is 1.68. The molecule has 2 heterocycles. The van der Waals surface area contributed by atoms with Gasteiger partial charge in [0.05, 0.1) is 19.3 Å². The third-order valence-corrected chi connectivity index (χ3v) is 2.63. The minimum absolute atomic E-state index is 0.0230. The first-order chi connectivity index (χ1) is 7.68. The van der Waals surface area contributed by atoms with Crippen LogP contribution in [-0.4, -0.2) is 41.6 Å². The molecule has 1 aromatic rings. The molecule has 1 atom stereocenters. The lowest BCUT2D eigenvalue weighted by atomic mass is 10.2. The number of aromatic nitrogens is 2. The van der Waals surface area contributed by atoms with Crippen LogP contribution in [0.4, 0.5) is 5.82 Å². The van der Waals surface area contributed by atoms with Crippen molar-refractivity contribution in [2.75, 3.05) is 24.6 Å². The number of nitrogens with zero attached hydrogens (tertiary/aromatic N) is 3. The van der Waals surface area contributed by atoms with Gasteiger partial charge in [-0.25, -0.2) is 9.97 Å². The third kappa shape index (κ3) is 2.23. The Morgan fingerprint density at radius 3 is 3.19 bits per heavy atom. The number of halogens is 1. The Morgan fingerprint density at radius 2 is 2.50 bits per heavy atom. The fraction of sp³-hybridized carbons (Fsp3) is 0.444. The van der Waals surface area contributed by atoms with Crippen molar-refractivity contribution in [2.24, 2.45) is 5.73 Å². The Hall–Kier alpha value is -1.40. The van der Waals surface area contributed by atoms with Crippen molar-refractivity contribution in [1.82, 2.24) is 9.97 Å². The summed E-state index contributed by atoms with van der Waals surface area (Å²) in [4.78, 5) is 9.88. The molecule has 7 heteroatoms. The van der Waals surface area contributed by atoms with Crippen LogP contribution in [0.25, 0.3) is 0 Å². The van der Waals surface area contributed by atoms with Gasteiger partial charge in [-0.05, 0) is 0 Å². The molecule has 1 aliphatic rings. The van der Waals surface area contributed by atoms with Crippen LogP contribution in [0.3, 0.4) is 0 Å². The van der Waals surface area contributed by atoms with E-state index in [0.29, 0.717) is 30.5 Å². The van der Waals surface area contributed by atoms with Gasteiger partial charge in [-0.2, -0.15) is 0 Å². The maximum absolute atomic E-state index is 7.36. The van der Waals surface area contributed by atoms with Gasteiger partial charge in [-0.1, -0.05) is 11.6 Å². The highest BCUT2D eigenvalue weighted by molar-refractivity contribution is 6.32. The second-order valence-corrected chi connectivity index (χ2v) is 3.86. The van der Waals surface area contributed by atoms with Gasteiger partial charge in [-0.15, -0.1) is 0 Å². The van der Waals surface area contributed by atoms with Crippen molar-refractivity contribution in [3.63, 3.8) is 0 Å². The molecule has 3 N–H and O–H groups in total. The number of anilines is 1.